The molecule has 0 bridgehead atoms. The van der Waals surface area contributed by atoms with E-state index in [2.05, 4.69) is 26.5 Å². The lowest BCUT2D eigenvalue weighted by atomic mass is 10.1. The van der Waals surface area contributed by atoms with Crippen LogP contribution >= 0.6 is 15.9 Å². The van der Waals surface area contributed by atoms with E-state index >= 15 is 0 Å². The Kier molecular flexibility index (Phi) is 5.93. The smallest absolute Gasteiger partial charge is 0.277 e. The summed E-state index contributed by atoms with van der Waals surface area (Å²) in [6.07, 6.45) is 1.34. The van der Waals surface area contributed by atoms with E-state index in [0.29, 0.717) is 17.1 Å². The van der Waals surface area contributed by atoms with Crippen molar-refractivity contribution in [2.75, 3.05) is 13.7 Å². The van der Waals surface area contributed by atoms with E-state index < -0.39 is 5.91 Å². The summed E-state index contributed by atoms with van der Waals surface area (Å²) in [6, 6.07) is 16.6. The third kappa shape index (κ3) is 4.38. The van der Waals surface area contributed by atoms with Crippen molar-refractivity contribution in [2.45, 2.75) is 0 Å². The van der Waals surface area contributed by atoms with Crippen molar-refractivity contribution in [3.05, 3.63) is 64.6 Å². The summed E-state index contributed by atoms with van der Waals surface area (Å²) in [7, 11) is 1.46. The predicted molar refractivity (Wildman–Crippen MR) is 108 cm³/mol. The second-order valence-electron chi connectivity index (χ2n) is 5.58. The molecular weight excluding hydrogens is 412 g/mol. The van der Waals surface area contributed by atoms with E-state index in [1.807, 2.05) is 30.3 Å². The van der Waals surface area contributed by atoms with Gasteiger partial charge in [0, 0.05) is 5.56 Å². The molecular formula is C20H17BrN2O4. The number of benzene rings is 3. The van der Waals surface area contributed by atoms with Crippen LogP contribution in [0.1, 0.15) is 5.56 Å². The standard InChI is InChI=1S/C20H17BrN2O4/c1-26-17-8-4-6-14(20(17)25)11-22-23-18(24)12-27-16-10-9-13-5-2-3-7-15(13)19(16)21/h2-11,25H,12H2,1H3,(H,23,24). The Bertz CT molecular complexity index is 1000. The van der Waals surface area contributed by atoms with Gasteiger partial charge in [0.15, 0.2) is 18.1 Å². The highest BCUT2D eigenvalue weighted by Crippen LogP contribution is 2.33. The number of nitrogens with one attached hydrogen (secondary N) is 1. The third-order valence-electron chi connectivity index (χ3n) is 3.83. The first-order valence-electron chi connectivity index (χ1n) is 8.08. The Morgan fingerprint density at radius 1 is 1.15 bits per heavy atom. The molecule has 0 aliphatic rings. The molecule has 3 rings (SSSR count). The summed E-state index contributed by atoms with van der Waals surface area (Å²) in [4.78, 5) is 11.9. The molecule has 138 valence electrons. The molecule has 3 aromatic carbocycles. The number of phenols is 1. The molecule has 6 nitrogen and oxygen atoms in total. The highest BCUT2D eigenvalue weighted by atomic mass is 79.9. The van der Waals surface area contributed by atoms with E-state index in [0.717, 1.165) is 15.2 Å². The number of phenolic OH excluding ortho intramolecular Hbond substituents is 1. The maximum atomic E-state index is 11.9. The minimum absolute atomic E-state index is 0.0469. The van der Waals surface area contributed by atoms with Gasteiger partial charge in [0.1, 0.15) is 5.75 Å². The minimum atomic E-state index is -0.423. The van der Waals surface area contributed by atoms with Crippen LogP contribution in [0, 0.1) is 0 Å². The summed E-state index contributed by atoms with van der Waals surface area (Å²) in [5.41, 5.74) is 2.78. The normalized spacial score (nSPS) is 10.9. The topological polar surface area (TPSA) is 80.2 Å². The van der Waals surface area contributed by atoms with Gasteiger partial charge in [0.2, 0.25) is 0 Å². The van der Waals surface area contributed by atoms with Crippen LogP contribution < -0.4 is 14.9 Å². The number of para-hydroxylation sites is 1. The van der Waals surface area contributed by atoms with Crippen LogP contribution in [0.3, 0.4) is 0 Å². The van der Waals surface area contributed by atoms with Crippen LogP contribution in [-0.2, 0) is 4.79 Å². The maximum Gasteiger partial charge on any atom is 0.277 e. The highest BCUT2D eigenvalue weighted by molar-refractivity contribution is 9.10. The Morgan fingerprint density at radius 3 is 2.78 bits per heavy atom. The Balaban J connectivity index is 1.60. The molecule has 0 heterocycles. The first-order chi connectivity index (χ1) is 13.1. The number of aromatic hydroxyl groups is 1. The zero-order valence-corrected chi connectivity index (χ0v) is 16.1. The van der Waals surface area contributed by atoms with Crippen molar-refractivity contribution < 1.29 is 19.4 Å². The fraction of sp³-hybridized carbons (Fsp3) is 0.100. The van der Waals surface area contributed by atoms with Gasteiger partial charge in [-0.15, -0.1) is 0 Å². The Hall–Kier alpha value is -3.06. The van der Waals surface area contributed by atoms with E-state index in [1.54, 1.807) is 24.3 Å². The number of carbonyl (C=O) groups is 1. The Labute approximate surface area is 164 Å². The monoisotopic (exact) mass is 428 g/mol. The number of amides is 1. The summed E-state index contributed by atoms with van der Waals surface area (Å²) in [5, 5.41) is 15.9. The molecule has 1 amide bonds. The van der Waals surface area contributed by atoms with Gasteiger partial charge in [0.25, 0.3) is 5.91 Å². The first kappa shape index (κ1) is 18.7. The molecule has 0 atom stereocenters. The van der Waals surface area contributed by atoms with Crippen molar-refractivity contribution in [3.63, 3.8) is 0 Å². The number of hydrogen-bond donors (Lipinski definition) is 2. The molecule has 3 aromatic rings. The first-order valence-corrected chi connectivity index (χ1v) is 8.87. The fourth-order valence-electron chi connectivity index (χ4n) is 2.48. The second-order valence-corrected chi connectivity index (χ2v) is 6.37. The minimum Gasteiger partial charge on any atom is -0.504 e. The molecule has 0 radical (unpaired) electrons. The molecule has 0 unspecified atom stereocenters. The third-order valence-corrected chi connectivity index (χ3v) is 4.65. The molecule has 0 saturated carbocycles. The predicted octanol–water partition coefficient (Wildman–Crippen LogP) is 3.85. The number of carbonyl (C=O) groups excluding carboxylic acids is 1. The fourth-order valence-corrected chi connectivity index (χ4v) is 3.09. The van der Waals surface area contributed by atoms with E-state index in [9.17, 15) is 9.90 Å². The van der Waals surface area contributed by atoms with Gasteiger partial charge < -0.3 is 14.6 Å². The van der Waals surface area contributed by atoms with Crippen molar-refractivity contribution in [1.29, 1.82) is 0 Å². The number of fused-ring (bicyclic) bond motifs is 1. The summed E-state index contributed by atoms with van der Waals surface area (Å²) < 4.78 is 11.4. The zero-order chi connectivity index (χ0) is 19.2. The number of ether oxygens (including phenoxy) is 2. The molecule has 7 heteroatoms. The van der Waals surface area contributed by atoms with E-state index in [-0.39, 0.29) is 12.4 Å². The van der Waals surface area contributed by atoms with Crippen molar-refractivity contribution in [3.8, 4) is 17.2 Å². The van der Waals surface area contributed by atoms with Crippen LogP contribution in [-0.4, -0.2) is 30.9 Å². The van der Waals surface area contributed by atoms with Crippen LogP contribution in [0.25, 0.3) is 10.8 Å². The van der Waals surface area contributed by atoms with Gasteiger partial charge in [-0.2, -0.15) is 5.10 Å². The number of hydrogen-bond acceptors (Lipinski definition) is 5. The molecule has 0 aliphatic carbocycles. The number of rotatable bonds is 6. The summed E-state index contributed by atoms with van der Waals surface area (Å²) >= 11 is 3.51. The summed E-state index contributed by atoms with van der Waals surface area (Å²) in [5.74, 6) is 0.427. The largest absolute Gasteiger partial charge is 0.504 e. The van der Waals surface area contributed by atoms with Gasteiger partial charge in [-0.3, -0.25) is 4.79 Å². The van der Waals surface area contributed by atoms with Crippen molar-refractivity contribution in [1.82, 2.24) is 5.43 Å². The summed E-state index contributed by atoms with van der Waals surface area (Å²) in [6.45, 7) is -0.196. The average molecular weight is 429 g/mol. The van der Waals surface area contributed by atoms with Crippen LogP contribution in [0.5, 0.6) is 17.2 Å². The average Bonchev–Trinajstić information content (AvgIpc) is 2.69. The van der Waals surface area contributed by atoms with Gasteiger partial charge in [0.05, 0.1) is 17.8 Å². The van der Waals surface area contributed by atoms with Crippen LogP contribution in [0.15, 0.2) is 64.2 Å². The SMILES string of the molecule is COc1cccc(C=NNC(=O)COc2ccc3ccccc3c2Br)c1O. The molecule has 0 aromatic heterocycles. The maximum absolute atomic E-state index is 11.9. The lowest BCUT2D eigenvalue weighted by Gasteiger charge is -2.09. The van der Waals surface area contributed by atoms with E-state index in [4.69, 9.17) is 9.47 Å². The lowest BCUT2D eigenvalue weighted by Crippen LogP contribution is -2.24. The Morgan fingerprint density at radius 2 is 1.96 bits per heavy atom. The quantitative estimate of drug-likeness (QED) is 0.461. The lowest BCUT2D eigenvalue weighted by molar-refractivity contribution is -0.123. The number of halogens is 1. The van der Waals surface area contributed by atoms with Crippen molar-refractivity contribution in [2.24, 2.45) is 5.10 Å². The van der Waals surface area contributed by atoms with E-state index in [1.165, 1.54) is 13.3 Å². The number of methoxy groups -OCH3 is 1. The van der Waals surface area contributed by atoms with Gasteiger partial charge in [-0.1, -0.05) is 36.4 Å². The van der Waals surface area contributed by atoms with Gasteiger partial charge in [-0.25, -0.2) is 5.43 Å². The molecule has 27 heavy (non-hydrogen) atoms. The number of hydrazone groups is 1. The molecule has 0 saturated heterocycles. The van der Waals surface area contributed by atoms with Crippen LogP contribution in [0.4, 0.5) is 0 Å². The highest BCUT2D eigenvalue weighted by Gasteiger charge is 2.09. The van der Waals surface area contributed by atoms with Crippen LogP contribution in [0.2, 0.25) is 0 Å². The van der Waals surface area contributed by atoms with Gasteiger partial charge >= 0.3 is 0 Å². The molecule has 0 aliphatic heterocycles. The number of nitrogens with zero attached hydrogens (tertiary/aromatic N) is 1. The molecule has 0 spiro atoms. The molecule has 2 N–H and O–H groups in total. The van der Waals surface area contributed by atoms with Crippen molar-refractivity contribution >= 4 is 38.8 Å². The zero-order valence-electron chi connectivity index (χ0n) is 14.5. The molecule has 0 fully saturated rings. The van der Waals surface area contributed by atoms with Gasteiger partial charge in [-0.05, 0) is 44.9 Å². The second kappa shape index (κ2) is 8.55.